The van der Waals surface area contributed by atoms with Gasteiger partial charge in [-0.05, 0) is 49.3 Å². The van der Waals surface area contributed by atoms with Crippen molar-refractivity contribution >= 4 is 11.6 Å². The van der Waals surface area contributed by atoms with Gasteiger partial charge in [0.25, 0.3) is 0 Å². The third-order valence-corrected chi connectivity index (χ3v) is 3.81. The van der Waals surface area contributed by atoms with Crippen LogP contribution in [-0.4, -0.2) is 16.3 Å². The summed E-state index contributed by atoms with van der Waals surface area (Å²) in [6.07, 6.45) is 5.53. The lowest BCUT2D eigenvalue weighted by molar-refractivity contribution is 0.194. The van der Waals surface area contributed by atoms with Crippen molar-refractivity contribution in [2.45, 2.75) is 51.6 Å². The Hall–Kier alpha value is -0.730. The minimum atomic E-state index is -0.458. The lowest BCUT2D eigenvalue weighted by Gasteiger charge is -2.15. The average molecular weight is 255 g/mol. The summed E-state index contributed by atoms with van der Waals surface area (Å²) in [5.74, 6) is 0.160. The molecular formula is C14H19ClO2. The number of aryl methyl sites for hydroxylation is 1. The molecule has 0 aliphatic heterocycles. The van der Waals surface area contributed by atoms with E-state index in [1.807, 2.05) is 6.07 Å². The Bertz CT molecular complexity index is 413. The first kappa shape index (κ1) is 12.7. The third kappa shape index (κ3) is 2.75. The number of rotatable bonds is 2. The number of fused-ring (bicyclic) bond motifs is 1. The first-order valence-electron chi connectivity index (χ1n) is 6.29. The van der Waals surface area contributed by atoms with Crippen molar-refractivity contribution in [3.8, 4) is 5.75 Å². The van der Waals surface area contributed by atoms with E-state index in [0.29, 0.717) is 11.4 Å². The molecule has 1 aromatic carbocycles. The fourth-order valence-electron chi connectivity index (χ4n) is 2.55. The van der Waals surface area contributed by atoms with Crippen LogP contribution in [-0.2, 0) is 19.3 Å². The van der Waals surface area contributed by atoms with Gasteiger partial charge in [-0.2, -0.15) is 0 Å². The van der Waals surface area contributed by atoms with Crippen LogP contribution < -0.4 is 0 Å². The minimum Gasteiger partial charge on any atom is -0.506 e. The smallest absolute Gasteiger partial charge is 0.137 e. The SMILES string of the molecule is CC(O)Cc1cc2c(c(Cl)c1O)CCCCC2. The van der Waals surface area contributed by atoms with Gasteiger partial charge in [-0.25, -0.2) is 0 Å². The highest BCUT2D eigenvalue weighted by Gasteiger charge is 2.18. The van der Waals surface area contributed by atoms with E-state index in [0.717, 1.165) is 30.4 Å². The van der Waals surface area contributed by atoms with Gasteiger partial charge >= 0.3 is 0 Å². The molecule has 0 saturated carbocycles. The zero-order chi connectivity index (χ0) is 12.4. The predicted molar refractivity (Wildman–Crippen MR) is 69.8 cm³/mol. The summed E-state index contributed by atoms with van der Waals surface area (Å²) in [5.41, 5.74) is 3.13. The number of hydrogen-bond donors (Lipinski definition) is 2. The molecule has 3 heteroatoms. The van der Waals surface area contributed by atoms with Gasteiger partial charge < -0.3 is 10.2 Å². The molecule has 94 valence electrons. The van der Waals surface area contributed by atoms with E-state index in [-0.39, 0.29) is 5.75 Å². The molecule has 0 radical (unpaired) electrons. The second-order valence-electron chi connectivity index (χ2n) is 4.95. The number of aliphatic hydroxyl groups is 1. The number of aromatic hydroxyl groups is 1. The van der Waals surface area contributed by atoms with E-state index in [9.17, 15) is 10.2 Å². The van der Waals surface area contributed by atoms with Crippen LogP contribution in [0.3, 0.4) is 0 Å². The summed E-state index contributed by atoms with van der Waals surface area (Å²) in [6.45, 7) is 1.72. The molecule has 0 spiro atoms. The van der Waals surface area contributed by atoms with Crippen LogP contribution in [0.5, 0.6) is 5.75 Å². The monoisotopic (exact) mass is 254 g/mol. The van der Waals surface area contributed by atoms with Crippen molar-refractivity contribution in [3.05, 3.63) is 27.8 Å². The predicted octanol–water partition coefficient (Wildman–Crippen LogP) is 3.24. The Morgan fingerprint density at radius 1 is 1.29 bits per heavy atom. The van der Waals surface area contributed by atoms with Crippen LogP contribution in [0.25, 0.3) is 0 Å². The molecule has 0 heterocycles. The second kappa shape index (κ2) is 5.28. The molecule has 2 nitrogen and oxygen atoms in total. The number of aliphatic hydroxyl groups excluding tert-OH is 1. The largest absolute Gasteiger partial charge is 0.506 e. The lowest BCUT2D eigenvalue weighted by atomic mass is 9.96. The Morgan fingerprint density at radius 3 is 2.71 bits per heavy atom. The molecular weight excluding hydrogens is 236 g/mol. The molecule has 1 atom stereocenters. The molecule has 0 amide bonds. The molecule has 0 bridgehead atoms. The van der Waals surface area contributed by atoms with Crippen molar-refractivity contribution in [2.75, 3.05) is 0 Å². The zero-order valence-electron chi connectivity index (χ0n) is 10.2. The topological polar surface area (TPSA) is 40.5 Å². The molecule has 1 aliphatic rings. The molecule has 1 aliphatic carbocycles. The van der Waals surface area contributed by atoms with Crippen molar-refractivity contribution in [1.29, 1.82) is 0 Å². The Labute approximate surface area is 107 Å². The summed E-state index contributed by atoms with van der Waals surface area (Å²) in [7, 11) is 0. The number of benzene rings is 1. The second-order valence-corrected chi connectivity index (χ2v) is 5.33. The van der Waals surface area contributed by atoms with E-state index in [4.69, 9.17) is 11.6 Å². The van der Waals surface area contributed by atoms with E-state index in [1.54, 1.807) is 6.92 Å². The number of phenolic OH excluding ortho intramolecular Hbond substituents is 1. The molecule has 0 fully saturated rings. The maximum atomic E-state index is 10.1. The van der Waals surface area contributed by atoms with E-state index >= 15 is 0 Å². The average Bonchev–Trinajstić information content (AvgIpc) is 2.50. The highest BCUT2D eigenvalue weighted by atomic mass is 35.5. The van der Waals surface area contributed by atoms with Crippen molar-refractivity contribution in [2.24, 2.45) is 0 Å². The molecule has 1 unspecified atom stereocenters. The number of hydrogen-bond acceptors (Lipinski definition) is 2. The van der Waals surface area contributed by atoms with Crippen LogP contribution in [0, 0.1) is 0 Å². The van der Waals surface area contributed by atoms with Gasteiger partial charge in [-0.15, -0.1) is 0 Å². The van der Waals surface area contributed by atoms with Gasteiger partial charge in [0.05, 0.1) is 11.1 Å². The summed E-state index contributed by atoms with van der Waals surface area (Å²) in [6, 6.07) is 2.02. The molecule has 2 rings (SSSR count). The van der Waals surface area contributed by atoms with Crippen LogP contribution in [0.2, 0.25) is 5.02 Å². The van der Waals surface area contributed by atoms with Crippen molar-refractivity contribution < 1.29 is 10.2 Å². The highest BCUT2D eigenvalue weighted by molar-refractivity contribution is 6.33. The highest BCUT2D eigenvalue weighted by Crippen LogP contribution is 2.37. The fourth-order valence-corrected chi connectivity index (χ4v) is 2.89. The standard InChI is InChI=1S/C14H19ClO2/c1-9(16)7-11-8-10-5-3-2-4-6-12(10)13(15)14(11)17/h8-9,16-17H,2-7H2,1H3. The quantitative estimate of drug-likeness (QED) is 0.796. The molecule has 1 aromatic rings. The van der Waals surface area contributed by atoms with E-state index in [2.05, 4.69) is 0 Å². The molecule has 0 saturated heterocycles. The van der Waals surface area contributed by atoms with Gasteiger partial charge in [-0.1, -0.05) is 24.1 Å². The first-order valence-corrected chi connectivity index (χ1v) is 6.67. The normalized spacial score (nSPS) is 17.4. The molecule has 0 aromatic heterocycles. The fraction of sp³-hybridized carbons (Fsp3) is 0.571. The first-order chi connectivity index (χ1) is 8.09. The van der Waals surface area contributed by atoms with Gasteiger partial charge in [0, 0.05) is 6.42 Å². The Morgan fingerprint density at radius 2 is 2.00 bits per heavy atom. The molecule has 17 heavy (non-hydrogen) atoms. The minimum absolute atomic E-state index is 0.160. The van der Waals surface area contributed by atoms with Gasteiger partial charge in [-0.3, -0.25) is 0 Å². The zero-order valence-corrected chi connectivity index (χ0v) is 10.9. The lowest BCUT2D eigenvalue weighted by Crippen LogP contribution is -2.06. The third-order valence-electron chi connectivity index (χ3n) is 3.40. The van der Waals surface area contributed by atoms with Gasteiger partial charge in [0.1, 0.15) is 5.75 Å². The van der Waals surface area contributed by atoms with Crippen LogP contribution in [0.4, 0.5) is 0 Å². The van der Waals surface area contributed by atoms with Crippen LogP contribution >= 0.6 is 11.6 Å². The summed E-state index contributed by atoms with van der Waals surface area (Å²) in [4.78, 5) is 0. The summed E-state index contributed by atoms with van der Waals surface area (Å²) in [5, 5.41) is 20.0. The molecule has 2 N–H and O–H groups in total. The van der Waals surface area contributed by atoms with Gasteiger partial charge in [0.15, 0.2) is 0 Å². The Kier molecular flexibility index (Phi) is 3.95. The summed E-state index contributed by atoms with van der Waals surface area (Å²) >= 11 is 6.24. The number of halogens is 1. The maximum Gasteiger partial charge on any atom is 0.137 e. The van der Waals surface area contributed by atoms with Crippen molar-refractivity contribution in [1.82, 2.24) is 0 Å². The maximum absolute atomic E-state index is 10.1. The van der Waals surface area contributed by atoms with Crippen LogP contribution in [0.1, 0.15) is 42.9 Å². The summed E-state index contributed by atoms with van der Waals surface area (Å²) < 4.78 is 0. The van der Waals surface area contributed by atoms with E-state index < -0.39 is 6.10 Å². The Balaban J connectivity index is 2.43. The number of phenols is 1. The van der Waals surface area contributed by atoms with Crippen molar-refractivity contribution in [3.63, 3.8) is 0 Å². The van der Waals surface area contributed by atoms with Gasteiger partial charge in [0.2, 0.25) is 0 Å². The van der Waals surface area contributed by atoms with Crippen LogP contribution in [0.15, 0.2) is 6.07 Å². The van der Waals surface area contributed by atoms with E-state index in [1.165, 1.54) is 18.4 Å².